The molecule has 16 bridgehead atoms. The van der Waals surface area contributed by atoms with E-state index >= 15 is 0 Å². The van der Waals surface area contributed by atoms with Gasteiger partial charge in [-0.1, -0.05) is 250 Å². The van der Waals surface area contributed by atoms with Gasteiger partial charge in [-0.25, -0.2) is 0 Å². The molecule has 89 heavy (non-hydrogen) atoms. The Morgan fingerprint density at radius 3 is 0.787 bits per heavy atom. The molecule has 23 aliphatic carbocycles. The summed E-state index contributed by atoms with van der Waals surface area (Å²) in [6.45, 7) is 28.2. The predicted molar refractivity (Wildman–Crippen MR) is 392 cm³/mol. The van der Waals surface area contributed by atoms with Gasteiger partial charge in [0, 0.05) is 0 Å². The summed E-state index contributed by atoms with van der Waals surface area (Å²) in [5, 5.41) is 0. The van der Waals surface area contributed by atoms with Crippen LogP contribution in [0.15, 0.2) is 0 Å². The summed E-state index contributed by atoms with van der Waals surface area (Å²) >= 11 is 0. The Bertz CT molecular complexity index is 1750. The smallest absolute Gasteiger partial charge is 0.0360 e. The van der Waals surface area contributed by atoms with E-state index in [1.54, 1.807) is 167 Å². The van der Waals surface area contributed by atoms with Crippen molar-refractivity contribution in [3.05, 3.63) is 0 Å². The maximum atomic E-state index is 2.41. The van der Waals surface area contributed by atoms with Gasteiger partial charge in [0.25, 0.3) is 0 Å². The molecule has 23 saturated carbocycles. The van der Waals surface area contributed by atoms with Gasteiger partial charge in [-0.15, -0.1) is 0 Å². The molecule has 0 N–H and O–H groups in total. The summed E-state index contributed by atoms with van der Waals surface area (Å²) in [6.07, 6.45) is 74.9. The van der Waals surface area contributed by atoms with E-state index in [0.717, 1.165) is 124 Å². The van der Waals surface area contributed by atoms with Gasteiger partial charge in [-0.05, 0) is 313 Å². The van der Waals surface area contributed by atoms with Crippen LogP contribution in [-0.2, 0) is 0 Å². The molecule has 23 rings (SSSR count). The molecule has 0 radical (unpaired) electrons. The number of hydrogen-bond donors (Lipinski definition) is 0. The lowest BCUT2D eigenvalue weighted by Crippen LogP contribution is -2.49. The normalized spacial score (nSPS) is 42.9. The molecule has 23 fully saturated rings. The molecular formula is C89H162. The lowest BCUT2D eigenvalue weighted by molar-refractivity contribution is -0.0819. The Balaban J connectivity index is 0.000000118. The second-order valence-electron chi connectivity index (χ2n) is 37.4. The fraction of sp³-hybridized carbons (Fsp3) is 1.00. The van der Waals surface area contributed by atoms with Gasteiger partial charge in [-0.3, -0.25) is 0 Å². The van der Waals surface area contributed by atoms with Gasteiger partial charge in [0.2, 0.25) is 0 Å². The predicted octanol–water partition coefficient (Wildman–Crippen LogP) is 28.7. The molecule has 7 atom stereocenters. The Morgan fingerprint density at radius 2 is 0.506 bits per heavy atom. The van der Waals surface area contributed by atoms with E-state index in [-0.39, 0.29) is 0 Å². The van der Waals surface area contributed by atoms with Crippen LogP contribution in [0.2, 0.25) is 0 Å². The zero-order chi connectivity index (χ0) is 62.8. The van der Waals surface area contributed by atoms with E-state index in [1.807, 2.05) is 0 Å². The summed E-state index contributed by atoms with van der Waals surface area (Å²) in [7, 11) is 0. The average Bonchev–Trinajstić information content (AvgIpc) is 1.74. The molecule has 0 nitrogen and oxygen atoms in total. The average molecular weight is 1230 g/mol. The maximum Gasteiger partial charge on any atom is -0.0360 e. The Kier molecular flexibility index (Phi) is 31.0. The maximum absolute atomic E-state index is 2.41. The lowest BCUT2D eigenvalue weighted by Gasteiger charge is -2.58. The highest BCUT2D eigenvalue weighted by Gasteiger charge is 2.51. The Labute approximate surface area is 560 Å². The van der Waals surface area contributed by atoms with Crippen LogP contribution in [0.25, 0.3) is 0 Å². The third kappa shape index (κ3) is 20.5. The number of rotatable bonds is 10. The molecule has 0 saturated heterocycles. The molecule has 0 heteroatoms. The lowest BCUT2D eigenvalue weighted by atomic mass is 9.47. The second kappa shape index (κ2) is 37.7. The Hall–Kier alpha value is 0. The van der Waals surface area contributed by atoms with Gasteiger partial charge in [-0.2, -0.15) is 0 Å². The van der Waals surface area contributed by atoms with Crippen molar-refractivity contribution < 1.29 is 0 Å². The van der Waals surface area contributed by atoms with Crippen molar-refractivity contribution in [2.45, 2.75) is 398 Å². The first-order chi connectivity index (χ1) is 43.3. The van der Waals surface area contributed by atoms with E-state index in [1.165, 1.54) is 189 Å². The Morgan fingerprint density at radius 1 is 0.202 bits per heavy atom. The van der Waals surface area contributed by atoms with Crippen LogP contribution in [0.5, 0.6) is 0 Å². The van der Waals surface area contributed by atoms with Gasteiger partial charge in [0.1, 0.15) is 0 Å². The highest BCUT2D eigenvalue weighted by atomic mass is 14.6. The highest BCUT2D eigenvalue weighted by Crippen LogP contribution is 2.60. The molecule has 0 amide bonds. The van der Waals surface area contributed by atoms with Crippen molar-refractivity contribution in [1.82, 2.24) is 0 Å². The van der Waals surface area contributed by atoms with Crippen molar-refractivity contribution in [2.75, 3.05) is 0 Å². The molecule has 7 unspecified atom stereocenters. The van der Waals surface area contributed by atoms with Crippen molar-refractivity contribution >= 4 is 0 Å². The third-order valence-electron chi connectivity index (χ3n) is 32.2. The van der Waals surface area contributed by atoms with Gasteiger partial charge in [0.05, 0.1) is 0 Å². The van der Waals surface area contributed by atoms with Gasteiger partial charge < -0.3 is 0 Å². The minimum atomic E-state index is 0.935. The first-order valence-electron chi connectivity index (χ1n) is 43.3. The van der Waals surface area contributed by atoms with E-state index in [9.17, 15) is 0 Å². The van der Waals surface area contributed by atoms with Crippen LogP contribution < -0.4 is 0 Å². The van der Waals surface area contributed by atoms with E-state index in [2.05, 4.69) is 83.1 Å². The van der Waals surface area contributed by atoms with Crippen molar-refractivity contribution in [3.63, 3.8) is 0 Å². The molecule has 0 aromatic carbocycles. The molecule has 0 aromatic heterocycles. The standard InChI is InChI=1S/C12H20.C10H18.2C9H16.2C9H18.2C8H14.C8H16.C7H12/c1-2-12-10-4-8-3-9(6-10)7-11(12)5-8;1-2-9-7-8-3-5-10(9)6-4-8;1-2-8-5-7-3-4-9(8)6-7;1-2-9-7-3-4-8(9)6-5-7;1-8(2)9-6-4-3-5-7-9;1-2-9-7-5-3-4-6-8-9;1-2-7-3-6-4-8(7)5-6;1-2-8-6-3-4-7(8)5-6;1-7(2)8-5-3-4-6-8;1-2-7-5-3-6(7)4-5/h8-12H,2-7H2,1H3;8-10H,2-7H2,1H3;2*7-9H,2-6H2,1H3;8-9H,3-7H2,1-2H3;9H,2-8H2,1H3;2*6-8H,2-5H2,1H3;7-8H,3-6H2,1-2H3;5-7H,2-4H2,1H3. The van der Waals surface area contributed by atoms with E-state index in [4.69, 9.17) is 0 Å². The van der Waals surface area contributed by atoms with E-state index in [0.29, 0.717) is 0 Å². The topological polar surface area (TPSA) is 0 Å². The highest BCUT2D eigenvalue weighted by molar-refractivity contribution is 5.01. The van der Waals surface area contributed by atoms with Crippen LogP contribution in [0.4, 0.5) is 0 Å². The molecular weight excluding hydrogens is 1070 g/mol. The fourth-order valence-electron chi connectivity index (χ4n) is 26.1. The quantitative estimate of drug-likeness (QED) is 0.191. The first-order valence-corrected chi connectivity index (χ1v) is 43.3. The summed E-state index contributed by atoms with van der Waals surface area (Å²) in [6, 6.07) is 0. The summed E-state index contributed by atoms with van der Waals surface area (Å²) in [5.74, 6) is 31.7. The summed E-state index contributed by atoms with van der Waals surface area (Å²) < 4.78 is 0. The van der Waals surface area contributed by atoms with Crippen LogP contribution in [0, 0.1) is 166 Å². The molecule has 0 heterocycles. The monoisotopic (exact) mass is 1230 g/mol. The largest absolute Gasteiger partial charge is 0.0651 e. The third-order valence-corrected chi connectivity index (χ3v) is 32.2. The summed E-state index contributed by atoms with van der Waals surface area (Å²) in [5.41, 5.74) is 0. The molecule has 23 aliphatic rings. The van der Waals surface area contributed by atoms with Gasteiger partial charge >= 0.3 is 0 Å². The minimum absolute atomic E-state index is 0.935. The van der Waals surface area contributed by atoms with Crippen molar-refractivity contribution in [1.29, 1.82) is 0 Å². The van der Waals surface area contributed by atoms with Crippen molar-refractivity contribution in [2.24, 2.45) is 166 Å². The zero-order valence-electron chi connectivity index (χ0n) is 62.8. The minimum Gasteiger partial charge on any atom is -0.0651 e. The molecule has 0 aromatic rings. The van der Waals surface area contributed by atoms with Crippen LogP contribution in [-0.4, -0.2) is 0 Å². The zero-order valence-corrected chi connectivity index (χ0v) is 62.8. The first kappa shape index (κ1) is 73.3. The fourth-order valence-corrected chi connectivity index (χ4v) is 26.1. The molecule has 518 valence electrons. The SMILES string of the molecule is CC(C)C1CCCC1.CC(C)C1CCCCC1.CCC1C2CC1C2.CCC1C2CC3CC(C2)CC1C3.CCC1C2CCC1C2.CCC1C2CCC1CC2.CCC1CC2CC1C2.CCC1CC2CCC1C2.CCC1CC2CCC1CC2.CCC1CCCCCC1. The van der Waals surface area contributed by atoms with Crippen LogP contribution in [0.1, 0.15) is 398 Å². The summed E-state index contributed by atoms with van der Waals surface area (Å²) in [4.78, 5) is 0. The van der Waals surface area contributed by atoms with Crippen LogP contribution >= 0.6 is 0 Å². The number of hydrogen-bond acceptors (Lipinski definition) is 0. The molecule has 0 spiro atoms. The van der Waals surface area contributed by atoms with Gasteiger partial charge in [0.15, 0.2) is 0 Å². The van der Waals surface area contributed by atoms with E-state index < -0.39 is 0 Å². The molecule has 0 aliphatic heterocycles. The van der Waals surface area contributed by atoms with Crippen molar-refractivity contribution in [3.8, 4) is 0 Å². The second-order valence-corrected chi connectivity index (χ2v) is 37.4. The van der Waals surface area contributed by atoms with Crippen LogP contribution in [0.3, 0.4) is 0 Å². The number of fused-ring (bicyclic) bond motifs is 9.